The number of ether oxygens (including phenoxy) is 1. The zero-order valence-corrected chi connectivity index (χ0v) is 11.0. The van der Waals surface area contributed by atoms with Crippen molar-refractivity contribution in [3.63, 3.8) is 0 Å². The Morgan fingerprint density at radius 1 is 1.16 bits per heavy atom. The van der Waals surface area contributed by atoms with Gasteiger partial charge in [-0.15, -0.1) is 0 Å². The minimum atomic E-state index is -0.222. The predicted molar refractivity (Wildman–Crippen MR) is 74.2 cm³/mol. The van der Waals surface area contributed by atoms with Gasteiger partial charge in [0.15, 0.2) is 0 Å². The summed E-state index contributed by atoms with van der Waals surface area (Å²) >= 11 is 0. The molecule has 2 aromatic carbocycles. The van der Waals surface area contributed by atoms with E-state index in [1.807, 2.05) is 6.92 Å². The molecule has 2 nitrogen and oxygen atoms in total. The molecule has 0 aromatic heterocycles. The van der Waals surface area contributed by atoms with Crippen LogP contribution < -0.4 is 10.1 Å². The third kappa shape index (κ3) is 2.28. The molecule has 0 saturated carbocycles. The highest BCUT2D eigenvalue weighted by atomic mass is 19.1. The first-order valence-corrected chi connectivity index (χ1v) is 6.41. The molecule has 1 aliphatic rings. The van der Waals surface area contributed by atoms with Crippen LogP contribution in [0.15, 0.2) is 36.4 Å². The van der Waals surface area contributed by atoms with Crippen LogP contribution in [0.25, 0.3) is 0 Å². The van der Waals surface area contributed by atoms with Crippen LogP contribution in [0.5, 0.6) is 5.75 Å². The molecular weight excluding hydrogens is 241 g/mol. The van der Waals surface area contributed by atoms with Crippen molar-refractivity contribution in [1.29, 1.82) is 0 Å². The average molecular weight is 257 g/mol. The molecule has 0 saturated heterocycles. The summed E-state index contributed by atoms with van der Waals surface area (Å²) in [5.41, 5.74) is 4.36. The first kappa shape index (κ1) is 12.0. The number of halogens is 1. The van der Waals surface area contributed by atoms with Gasteiger partial charge in [0.2, 0.25) is 0 Å². The molecule has 0 aliphatic carbocycles. The van der Waals surface area contributed by atoms with Crippen molar-refractivity contribution in [2.45, 2.75) is 20.0 Å². The average Bonchev–Trinajstić information content (AvgIpc) is 2.39. The van der Waals surface area contributed by atoms with E-state index in [4.69, 9.17) is 4.74 Å². The first-order chi connectivity index (χ1) is 9.13. The van der Waals surface area contributed by atoms with Crippen molar-refractivity contribution in [3.05, 3.63) is 58.9 Å². The summed E-state index contributed by atoms with van der Waals surface area (Å²) in [7, 11) is 0. The summed E-state index contributed by atoms with van der Waals surface area (Å²) in [5.74, 6) is 0.672. The van der Waals surface area contributed by atoms with Gasteiger partial charge in [-0.25, -0.2) is 4.39 Å². The van der Waals surface area contributed by atoms with Crippen molar-refractivity contribution in [3.8, 4) is 5.75 Å². The molecule has 0 spiro atoms. The van der Waals surface area contributed by atoms with E-state index in [-0.39, 0.29) is 11.9 Å². The van der Waals surface area contributed by atoms with Crippen LogP contribution >= 0.6 is 0 Å². The maximum absolute atomic E-state index is 12.9. The molecule has 0 amide bonds. The minimum absolute atomic E-state index is 0.0745. The fourth-order valence-electron chi connectivity index (χ4n) is 2.49. The van der Waals surface area contributed by atoms with E-state index in [0.717, 1.165) is 22.6 Å². The molecule has 19 heavy (non-hydrogen) atoms. The number of rotatable bonds is 1. The van der Waals surface area contributed by atoms with Crippen molar-refractivity contribution in [2.24, 2.45) is 0 Å². The summed E-state index contributed by atoms with van der Waals surface area (Å²) < 4.78 is 19.0. The topological polar surface area (TPSA) is 21.3 Å². The minimum Gasteiger partial charge on any atom is -0.481 e. The second-order valence-corrected chi connectivity index (χ2v) is 5.00. The van der Waals surface area contributed by atoms with Gasteiger partial charge in [-0.2, -0.15) is 0 Å². The second-order valence-electron chi connectivity index (χ2n) is 5.00. The Bertz CT molecular complexity index is 607. The quantitative estimate of drug-likeness (QED) is 0.834. The van der Waals surface area contributed by atoms with Gasteiger partial charge in [0.1, 0.15) is 17.7 Å². The SMILES string of the molecule is Cc1cc(C)c2c(c1)NCC(c1ccc(F)cc1)O2. The van der Waals surface area contributed by atoms with Crippen LogP contribution in [0.4, 0.5) is 10.1 Å². The molecule has 3 heteroatoms. The molecule has 0 bridgehead atoms. The lowest BCUT2D eigenvalue weighted by atomic mass is 10.0. The smallest absolute Gasteiger partial charge is 0.146 e. The van der Waals surface area contributed by atoms with E-state index in [9.17, 15) is 4.39 Å². The van der Waals surface area contributed by atoms with Crippen LogP contribution in [0.2, 0.25) is 0 Å². The van der Waals surface area contributed by atoms with Crippen molar-refractivity contribution >= 4 is 5.69 Å². The Hall–Kier alpha value is -2.03. The van der Waals surface area contributed by atoms with Gasteiger partial charge in [0, 0.05) is 0 Å². The van der Waals surface area contributed by atoms with E-state index < -0.39 is 0 Å². The summed E-state index contributed by atoms with van der Waals surface area (Å²) in [6, 6.07) is 10.7. The second kappa shape index (κ2) is 4.57. The molecule has 1 unspecified atom stereocenters. The summed E-state index contributed by atoms with van der Waals surface area (Å²) in [6.07, 6.45) is -0.0745. The van der Waals surface area contributed by atoms with Crippen LogP contribution in [-0.2, 0) is 0 Å². The summed E-state index contributed by atoms with van der Waals surface area (Å²) in [5, 5.41) is 3.39. The molecule has 1 heterocycles. The van der Waals surface area contributed by atoms with E-state index in [0.29, 0.717) is 6.54 Å². The van der Waals surface area contributed by atoms with Crippen molar-refractivity contribution in [1.82, 2.24) is 0 Å². The molecule has 2 aromatic rings. The maximum atomic E-state index is 12.9. The lowest BCUT2D eigenvalue weighted by Crippen LogP contribution is -2.24. The normalized spacial score (nSPS) is 17.3. The van der Waals surface area contributed by atoms with Crippen molar-refractivity contribution < 1.29 is 9.13 Å². The Labute approximate surface area is 112 Å². The standard InChI is InChI=1S/C16H16FNO/c1-10-7-11(2)16-14(8-10)18-9-15(19-16)12-3-5-13(17)6-4-12/h3-8,15,18H,9H2,1-2H3. The van der Waals surface area contributed by atoms with E-state index in [1.54, 1.807) is 12.1 Å². The van der Waals surface area contributed by atoms with Gasteiger partial charge in [-0.05, 0) is 48.7 Å². The lowest BCUT2D eigenvalue weighted by molar-refractivity contribution is 0.209. The number of hydrogen-bond acceptors (Lipinski definition) is 2. The summed E-state index contributed by atoms with van der Waals surface area (Å²) in [6.45, 7) is 4.81. The Morgan fingerprint density at radius 3 is 2.63 bits per heavy atom. The number of benzene rings is 2. The monoisotopic (exact) mass is 257 g/mol. The van der Waals surface area contributed by atoms with E-state index in [1.165, 1.54) is 17.7 Å². The Kier molecular flexibility index (Phi) is 2.90. The molecule has 0 radical (unpaired) electrons. The molecule has 3 rings (SSSR count). The molecule has 0 fully saturated rings. The lowest BCUT2D eigenvalue weighted by Gasteiger charge is -2.29. The number of aryl methyl sites for hydroxylation is 2. The number of fused-ring (bicyclic) bond motifs is 1. The van der Waals surface area contributed by atoms with Crippen LogP contribution in [0, 0.1) is 19.7 Å². The van der Waals surface area contributed by atoms with Crippen molar-refractivity contribution in [2.75, 3.05) is 11.9 Å². The largest absolute Gasteiger partial charge is 0.481 e. The Balaban J connectivity index is 1.92. The highest BCUT2D eigenvalue weighted by molar-refractivity contribution is 5.63. The van der Waals surface area contributed by atoms with Gasteiger partial charge in [-0.1, -0.05) is 18.2 Å². The van der Waals surface area contributed by atoms with Crippen LogP contribution in [0.3, 0.4) is 0 Å². The fraction of sp³-hybridized carbons (Fsp3) is 0.250. The molecule has 98 valence electrons. The van der Waals surface area contributed by atoms with Crippen LogP contribution in [0.1, 0.15) is 22.8 Å². The highest BCUT2D eigenvalue weighted by Crippen LogP contribution is 2.37. The van der Waals surface area contributed by atoms with Gasteiger partial charge in [-0.3, -0.25) is 0 Å². The fourth-order valence-corrected chi connectivity index (χ4v) is 2.49. The third-order valence-electron chi connectivity index (χ3n) is 3.40. The predicted octanol–water partition coefficient (Wildman–Crippen LogP) is 3.99. The molecular formula is C16H16FNO. The van der Waals surface area contributed by atoms with Gasteiger partial charge in [0.05, 0.1) is 12.2 Å². The molecule has 1 atom stereocenters. The third-order valence-corrected chi connectivity index (χ3v) is 3.40. The van der Waals surface area contributed by atoms with Crippen LogP contribution in [-0.4, -0.2) is 6.54 Å². The highest BCUT2D eigenvalue weighted by Gasteiger charge is 2.22. The zero-order valence-electron chi connectivity index (χ0n) is 11.0. The number of hydrogen-bond donors (Lipinski definition) is 1. The number of nitrogens with one attached hydrogen (secondary N) is 1. The van der Waals surface area contributed by atoms with Gasteiger partial charge in [0.25, 0.3) is 0 Å². The first-order valence-electron chi connectivity index (χ1n) is 6.41. The maximum Gasteiger partial charge on any atom is 0.146 e. The van der Waals surface area contributed by atoms with E-state index in [2.05, 4.69) is 24.4 Å². The molecule has 1 aliphatic heterocycles. The van der Waals surface area contributed by atoms with Gasteiger partial charge >= 0.3 is 0 Å². The zero-order chi connectivity index (χ0) is 13.4. The number of anilines is 1. The van der Waals surface area contributed by atoms with E-state index >= 15 is 0 Å². The Morgan fingerprint density at radius 2 is 1.89 bits per heavy atom. The van der Waals surface area contributed by atoms with Gasteiger partial charge < -0.3 is 10.1 Å². The summed E-state index contributed by atoms with van der Waals surface area (Å²) in [4.78, 5) is 0. The molecule has 1 N–H and O–H groups in total.